The Morgan fingerprint density at radius 2 is 1.53 bits per heavy atom. The number of hydrogen-bond acceptors (Lipinski definition) is 3. The zero-order valence-electron chi connectivity index (χ0n) is 18.1. The second-order valence-electron chi connectivity index (χ2n) is 8.40. The van der Waals surface area contributed by atoms with E-state index in [0.29, 0.717) is 12.8 Å². The van der Waals surface area contributed by atoms with E-state index in [1.54, 1.807) is 0 Å². The van der Waals surface area contributed by atoms with Gasteiger partial charge in [0.1, 0.15) is 5.78 Å². The molecule has 160 valence electrons. The number of allylic oxidation sites excluding steroid dienone is 1. The van der Waals surface area contributed by atoms with Gasteiger partial charge in [-0.05, 0) is 23.3 Å². The second kappa shape index (κ2) is 8.46. The Labute approximate surface area is 188 Å². The van der Waals surface area contributed by atoms with Crippen LogP contribution in [0.2, 0.25) is 0 Å². The van der Waals surface area contributed by atoms with Gasteiger partial charge >= 0.3 is 0 Å². The summed E-state index contributed by atoms with van der Waals surface area (Å²) in [6.45, 7) is 1.87. The SMILES string of the molecule is CCC(=O)N1c2ccccc2NC2=C[C@H](c3ccccc3)CC(=O)[C@@H]2[C@@H]1c1ccccc1. The lowest BCUT2D eigenvalue weighted by molar-refractivity contribution is -0.123. The van der Waals surface area contributed by atoms with E-state index in [2.05, 4.69) is 23.5 Å². The van der Waals surface area contributed by atoms with Gasteiger partial charge in [0.2, 0.25) is 5.91 Å². The predicted octanol–water partition coefficient (Wildman–Crippen LogP) is 5.85. The van der Waals surface area contributed by atoms with E-state index in [9.17, 15) is 9.59 Å². The third kappa shape index (κ3) is 3.52. The molecule has 0 spiro atoms. The molecule has 0 radical (unpaired) electrons. The summed E-state index contributed by atoms with van der Waals surface area (Å²) in [7, 11) is 0. The summed E-state index contributed by atoms with van der Waals surface area (Å²) in [6.07, 6.45) is 2.98. The summed E-state index contributed by atoms with van der Waals surface area (Å²) in [6, 6.07) is 27.5. The molecule has 0 fully saturated rings. The zero-order valence-corrected chi connectivity index (χ0v) is 18.1. The van der Waals surface area contributed by atoms with Crippen LogP contribution in [-0.4, -0.2) is 11.7 Å². The molecule has 1 N–H and O–H groups in total. The van der Waals surface area contributed by atoms with Gasteiger partial charge in [-0.3, -0.25) is 9.59 Å². The van der Waals surface area contributed by atoms with Crippen molar-refractivity contribution < 1.29 is 9.59 Å². The third-order valence-electron chi connectivity index (χ3n) is 6.46. The number of carbonyl (C=O) groups excluding carboxylic acids is 2. The minimum Gasteiger partial charge on any atom is -0.357 e. The first kappa shape index (κ1) is 20.3. The van der Waals surface area contributed by atoms with Gasteiger partial charge in [-0.2, -0.15) is 0 Å². The molecule has 3 aromatic rings. The molecule has 4 nitrogen and oxygen atoms in total. The maximum atomic E-state index is 13.7. The number of hydrogen-bond donors (Lipinski definition) is 1. The highest BCUT2D eigenvalue weighted by Gasteiger charge is 2.44. The highest BCUT2D eigenvalue weighted by Crippen LogP contribution is 2.47. The van der Waals surface area contributed by atoms with E-state index in [-0.39, 0.29) is 17.6 Å². The highest BCUT2D eigenvalue weighted by atomic mass is 16.2. The van der Waals surface area contributed by atoms with Crippen LogP contribution in [0.1, 0.15) is 42.9 Å². The standard InChI is InChI=1S/C28H26N2O2/c1-2-26(32)30-24-16-10-9-15-22(24)29-23-17-21(19-11-5-3-6-12-19)18-25(31)27(23)28(30)20-13-7-4-8-14-20/h3-17,21,27-29H,2,18H2,1H3/t21-,27+,28-/m0/s1. The Kier molecular flexibility index (Phi) is 5.36. The molecule has 1 amide bonds. The predicted molar refractivity (Wildman–Crippen MR) is 127 cm³/mol. The fourth-order valence-corrected chi connectivity index (χ4v) is 4.97. The molecule has 4 heteroatoms. The van der Waals surface area contributed by atoms with Crippen molar-refractivity contribution in [3.63, 3.8) is 0 Å². The van der Waals surface area contributed by atoms with Gasteiger partial charge in [-0.25, -0.2) is 0 Å². The maximum absolute atomic E-state index is 13.7. The van der Waals surface area contributed by atoms with Crippen LogP contribution in [0.5, 0.6) is 0 Å². The van der Waals surface area contributed by atoms with Crippen molar-refractivity contribution in [2.75, 3.05) is 10.2 Å². The molecule has 32 heavy (non-hydrogen) atoms. The largest absolute Gasteiger partial charge is 0.357 e. The summed E-state index contributed by atoms with van der Waals surface area (Å²) >= 11 is 0. The summed E-state index contributed by atoms with van der Waals surface area (Å²) in [5, 5.41) is 3.55. The number of nitrogens with zero attached hydrogens (tertiary/aromatic N) is 1. The van der Waals surface area contributed by atoms with Crippen LogP contribution in [0.4, 0.5) is 11.4 Å². The van der Waals surface area contributed by atoms with Gasteiger partial charge in [0.25, 0.3) is 0 Å². The third-order valence-corrected chi connectivity index (χ3v) is 6.46. The van der Waals surface area contributed by atoms with Gasteiger partial charge in [0.05, 0.1) is 23.3 Å². The van der Waals surface area contributed by atoms with Gasteiger partial charge in [0, 0.05) is 24.5 Å². The summed E-state index contributed by atoms with van der Waals surface area (Å²) in [5.74, 6) is -0.272. The van der Waals surface area contributed by atoms with Crippen LogP contribution in [-0.2, 0) is 9.59 Å². The normalized spacial score (nSPS) is 22.2. The van der Waals surface area contributed by atoms with Crippen LogP contribution in [0.25, 0.3) is 0 Å². The average Bonchev–Trinajstić information content (AvgIpc) is 2.99. The number of amides is 1. The first-order valence-corrected chi connectivity index (χ1v) is 11.2. The first-order valence-electron chi connectivity index (χ1n) is 11.2. The molecule has 0 aromatic heterocycles. The average molecular weight is 423 g/mol. The topological polar surface area (TPSA) is 49.4 Å². The zero-order chi connectivity index (χ0) is 22.1. The highest BCUT2D eigenvalue weighted by molar-refractivity contribution is 6.01. The molecular formula is C28H26N2O2. The quantitative estimate of drug-likeness (QED) is 0.576. The number of ketones is 1. The lowest BCUT2D eigenvalue weighted by Gasteiger charge is -2.37. The molecule has 2 aliphatic rings. The summed E-state index contributed by atoms with van der Waals surface area (Å²) in [4.78, 5) is 28.9. The van der Waals surface area contributed by atoms with Crippen molar-refractivity contribution in [1.29, 1.82) is 0 Å². The number of para-hydroxylation sites is 2. The summed E-state index contributed by atoms with van der Waals surface area (Å²) in [5.41, 5.74) is 4.64. The molecular weight excluding hydrogens is 396 g/mol. The monoisotopic (exact) mass is 422 g/mol. The molecule has 5 rings (SSSR count). The van der Waals surface area contributed by atoms with Gasteiger partial charge in [0.15, 0.2) is 0 Å². The second-order valence-corrected chi connectivity index (χ2v) is 8.40. The van der Waals surface area contributed by atoms with E-state index in [4.69, 9.17) is 0 Å². The van der Waals surface area contributed by atoms with Crippen LogP contribution < -0.4 is 10.2 Å². The Hall–Kier alpha value is -3.66. The molecule has 0 saturated carbocycles. The molecule has 1 aliphatic heterocycles. The maximum Gasteiger partial charge on any atom is 0.227 e. The smallest absolute Gasteiger partial charge is 0.227 e. The fourth-order valence-electron chi connectivity index (χ4n) is 4.97. The summed E-state index contributed by atoms with van der Waals surface area (Å²) < 4.78 is 0. The van der Waals surface area contributed by atoms with Crippen molar-refractivity contribution >= 4 is 23.1 Å². The molecule has 3 aromatic carbocycles. The minimum absolute atomic E-state index is 0.00679. The number of rotatable bonds is 3. The molecule has 1 heterocycles. The van der Waals surface area contributed by atoms with E-state index in [1.807, 2.05) is 84.6 Å². The van der Waals surface area contributed by atoms with E-state index in [0.717, 1.165) is 28.2 Å². The van der Waals surface area contributed by atoms with E-state index in [1.165, 1.54) is 0 Å². The van der Waals surface area contributed by atoms with Crippen LogP contribution in [0, 0.1) is 5.92 Å². The van der Waals surface area contributed by atoms with E-state index < -0.39 is 12.0 Å². The Balaban J connectivity index is 1.72. The minimum atomic E-state index is -0.444. The van der Waals surface area contributed by atoms with Gasteiger partial charge in [-0.1, -0.05) is 85.8 Å². The number of benzene rings is 3. The Morgan fingerprint density at radius 1 is 0.906 bits per heavy atom. The first-order chi connectivity index (χ1) is 15.7. The van der Waals surface area contributed by atoms with E-state index >= 15 is 0 Å². The molecule has 0 bridgehead atoms. The van der Waals surface area contributed by atoms with Crippen LogP contribution in [0.15, 0.2) is 96.7 Å². The van der Waals surface area contributed by atoms with Crippen molar-refractivity contribution in [2.45, 2.75) is 31.7 Å². The fraction of sp³-hybridized carbons (Fsp3) is 0.214. The number of anilines is 2. The van der Waals surface area contributed by atoms with Crippen molar-refractivity contribution in [3.05, 3.63) is 108 Å². The van der Waals surface area contributed by atoms with Gasteiger partial charge in [-0.15, -0.1) is 0 Å². The molecule has 1 aliphatic carbocycles. The van der Waals surface area contributed by atoms with Crippen LogP contribution >= 0.6 is 0 Å². The lowest BCUT2D eigenvalue weighted by Crippen LogP contribution is -2.42. The molecule has 0 saturated heterocycles. The molecule has 3 atom stereocenters. The lowest BCUT2D eigenvalue weighted by atomic mass is 9.76. The van der Waals surface area contributed by atoms with Gasteiger partial charge < -0.3 is 10.2 Å². The Morgan fingerprint density at radius 3 is 2.22 bits per heavy atom. The van der Waals surface area contributed by atoms with Crippen molar-refractivity contribution in [1.82, 2.24) is 0 Å². The van der Waals surface area contributed by atoms with Crippen LogP contribution in [0.3, 0.4) is 0 Å². The van der Waals surface area contributed by atoms with Crippen molar-refractivity contribution in [2.24, 2.45) is 5.92 Å². The number of Topliss-reactive ketones (excluding diaryl/α,β-unsaturated/α-hetero) is 1. The van der Waals surface area contributed by atoms with Crippen molar-refractivity contribution in [3.8, 4) is 0 Å². The molecule has 0 unspecified atom stereocenters. The Bertz CT molecular complexity index is 1170. The number of fused-ring (bicyclic) bond motifs is 2. The number of carbonyl (C=O) groups is 2. The number of nitrogens with one attached hydrogen (secondary N) is 1.